The summed E-state index contributed by atoms with van der Waals surface area (Å²) >= 11 is 0. The number of rotatable bonds is 6. The predicted octanol–water partition coefficient (Wildman–Crippen LogP) is 2.77. The third kappa shape index (κ3) is 5.16. The average molecular weight is 172 g/mol. The van der Waals surface area contributed by atoms with E-state index >= 15 is 0 Å². The monoisotopic (exact) mass is 172 g/mol. The van der Waals surface area contributed by atoms with Gasteiger partial charge in [-0.25, -0.2) is 0 Å². The van der Waals surface area contributed by atoms with E-state index in [1.165, 1.54) is 6.42 Å². The van der Waals surface area contributed by atoms with Crippen LogP contribution in [0.1, 0.15) is 46.5 Å². The first-order chi connectivity index (χ1) is 5.72. The second-order valence-corrected chi connectivity index (χ2v) is 3.18. The molecule has 0 fully saturated rings. The van der Waals surface area contributed by atoms with Crippen LogP contribution in [0.3, 0.4) is 0 Å². The number of carbonyl (C=O) groups excluding carboxylic acids is 1. The number of unbranched alkanes of at least 4 members (excludes halogenated alkanes) is 2. The van der Waals surface area contributed by atoms with Crippen LogP contribution in [0.2, 0.25) is 0 Å². The van der Waals surface area contributed by atoms with Gasteiger partial charge in [-0.15, -0.1) is 0 Å². The first-order valence-corrected chi connectivity index (χ1v) is 4.89. The lowest BCUT2D eigenvalue weighted by molar-refractivity contribution is -0.148. The first-order valence-electron chi connectivity index (χ1n) is 4.89. The summed E-state index contributed by atoms with van der Waals surface area (Å²) in [5.74, 6) is 0.0141. The minimum atomic E-state index is -0.0476. The quantitative estimate of drug-likeness (QED) is 0.455. The molecule has 0 amide bonds. The van der Waals surface area contributed by atoms with E-state index < -0.39 is 0 Å². The van der Waals surface area contributed by atoms with Crippen molar-refractivity contribution in [2.24, 2.45) is 5.92 Å². The summed E-state index contributed by atoms with van der Waals surface area (Å²) in [5, 5.41) is 0. The maximum Gasteiger partial charge on any atom is 0.308 e. The molecule has 0 aromatic heterocycles. The molecule has 0 unspecified atom stereocenters. The Morgan fingerprint density at radius 2 is 2.00 bits per heavy atom. The highest BCUT2D eigenvalue weighted by Gasteiger charge is 2.10. The van der Waals surface area contributed by atoms with Crippen molar-refractivity contribution >= 4 is 5.97 Å². The second kappa shape index (κ2) is 7.14. The Bertz CT molecular complexity index is 121. The molecule has 0 spiro atoms. The molecule has 0 saturated carbocycles. The molecular weight excluding hydrogens is 152 g/mol. The number of esters is 1. The van der Waals surface area contributed by atoms with E-state index in [1.807, 2.05) is 13.8 Å². The van der Waals surface area contributed by atoms with Gasteiger partial charge in [-0.1, -0.05) is 33.6 Å². The van der Waals surface area contributed by atoms with E-state index in [2.05, 4.69) is 6.92 Å². The van der Waals surface area contributed by atoms with Gasteiger partial charge < -0.3 is 4.74 Å². The van der Waals surface area contributed by atoms with E-state index in [4.69, 9.17) is 4.74 Å². The van der Waals surface area contributed by atoms with Gasteiger partial charge in [0.1, 0.15) is 0 Å². The molecule has 1 atom stereocenters. The standard InChI is InChI=1S/C10H20O2/c1-4-6-7-8-12-10(11)9(3)5-2/h9H,4-8H2,1-3H3/t9-/m0/s1. The van der Waals surface area contributed by atoms with Crippen LogP contribution in [-0.2, 0) is 9.53 Å². The van der Waals surface area contributed by atoms with Crippen LogP contribution in [0.15, 0.2) is 0 Å². The maximum atomic E-state index is 11.1. The lowest BCUT2D eigenvalue weighted by Crippen LogP contribution is -2.14. The van der Waals surface area contributed by atoms with Gasteiger partial charge in [0.15, 0.2) is 0 Å². The smallest absolute Gasteiger partial charge is 0.308 e. The van der Waals surface area contributed by atoms with Crippen LogP contribution in [-0.4, -0.2) is 12.6 Å². The van der Waals surface area contributed by atoms with Gasteiger partial charge in [0, 0.05) is 0 Å². The van der Waals surface area contributed by atoms with Crippen molar-refractivity contribution in [2.45, 2.75) is 46.5 Å². The summed E-state index contributed by atoms with van der Waals surface area (Å²) in [4.78, 5) is 11.1. The van der Waals surface area contributed by atoms with Crippen molar-refractivity contribution in [3.05, 3.63) is 0 Å². The molecule has 0 saturated heterocycles. The zero-order chi connectivity index (χ0) is 9.40. The van der Waals surface area contributed by atoms with Gasteiger partial charge in [-0.3, -0.25) is 4.79 Å². The van der Waals surface area contributed by atoms with E-state index in [0.29, 0.717) is 6.61 Å². The number of hydrogen-bond acceptors (Lipinski definition) is 2. The molecule has 0 radical (unpaired) electrons. The summed E-state index contributed by atoms with van der Waals surface area (Å²) in [6.07, 6.45) is 4.18. The van der Waals surface area contributed by atoms with Crippen LogP contribution < -0.4 is 0 Å². The van der Waals surface area contributed by atoms with E-state index in [0.717, 1.165) is 19.3 Å². The van der Waals surface area contributed by atoms with E-state index in [9.17, 15) is 4.79 Å². The van der Waals surface area contributed by atoms with E-state index in [-0.39, 0.29) is 11.9 Å². The Hall–Kier alpha value is -0.530. The van der Waals surface area contributed by atoms with E-state index in [1.54, 1.807) is 0 Å². The van der Waals surface area contributed by atoms with Crippen LogP contribution in [0.4, 0.5) is 0 Å². The number of carbonyl (C=O) groups is 1. The molecule has 2 heteroatoms. The molecule has 72 valence electrons. The van der Waals surface area contributed by atoms with Crippen molar-refractivity contribution in [1.29, 1.82) is 0 Å². The van der Waals surface area contributed by atoms with Gasteiger partial charge in [0.25, 0.3) is 0 Å². The van der Waals surface area contributed by atoms with Crippen molar-refractivity contribution in [1.82, 2.24) is 0 Å². The molecule has 0 rings (SSSR count). The lowest BCUT2D eigenvalue weighted by atomic mass is 10.1. The van der Waals surface area contributed by atoms with Crippen molar-refractivity contribution in [2.75, 3.05) is 6.61 Å². The molecule has 0 N–H and O–H groups in total. The summed E-state index contributed by atoms with van der Waals surface area (Å²) < 4.78 is 5.06. The normalized spacial score (nSPS) is 12.6. The minimum absolute atomic E-state index is 0.0476. The van der Waals surface area contributed by atoms with Crippen LogP contribution in [0, 0.1) is 5.92 Å². The third-order valence-corrected chi connectivity index (χ3v) is 2.01. The highest BCUT2D eigenvalue weighted by Crippen LogP contribution is 2.04. The fourth-order valence-corrected chi connectivity index (χ4v) is 0.834. The maximum absolute atomic E-state index is 11.1. The summed E-state index contributed by atoms with van der Waals surface area (Å²) in [7, 11) is 0. The molecule has 2 nitrogen and oxygen atoms in total. The molecule has 0 aliphatic heterocycles. The Labute approximate surface area is 75.3 Å². The Morgan fingerprint density at radius 3 is 2.50 bits per heavy atom. The highest BCUT2D eigenvalue weighted by molar-refractivity contribution is 5.71. The first kappa shape index (κ1) is 11.5. The molecule has 0 aromatic rings. The molecular formula is C10H20O2. The SMILES string of the molecule is CCCCCOC(=O)[C@@H](C)CC. The minimum Gasteiger partial charge on any atom is -0.465 e. The zero-order valence-electron chi connectivity index (χ0n) is 8.43. The molecule has 0 aromatic carbocycles. The van der Waals surface area contributed by atoms with Gasteiger partial charge in [-0.2, -0.15) is 0 Å². The molecule has 0 bridgehead atoms. The van der Waals surface area contributed by atoms with Gasteiger partial charge in [-0.05, 0) is 12.8 Å². The fraction of sp³-hybridized carbons (Fsp3) is 0.900. The lowest BCUT2D eigenvalue weighted by Gasteiger charge is -2.08. The van der Waals surface area contributed by atoms with Crippen LogP contribution in [0.5, 0.6) is 0 Å². The van der Waals surface area contributed by atoms with Gasteiger partial charge in [0.2, 0.25) is 0 Å². The predicted molar refractivity (Wildman–Crippen MR) is 49.9 cm³/mol. The third-order valence-electron chi connectivity index (χ3n) is 2.01. The highest BCUT2D eigenvalue weighted by atomic mass is 16.5. The topological polar surface area (TPSA) is 26.3 Å². The fourth-order valence-electron chi connectivity index (χ4n) is 0.834. The molecule has 12 heavy (non-hydrogen) atoms. The summed E-state index contributed by atoms with van der Waals surface area (Å²) in [6.45, 7) is 6.63. The van der Waals surface area contributed by atoms with Crippen LogP contribution in [0.25, 0.3) is 0 Å². The zero-order valence-corrected chi connectivity index (χ0v) is 8.43. The van der Waals surface area contributed by atoms with Crippen molar-refractivity contribution < 1.29 is 9.53 Å². The average Bonchev–Trinajstić information content (AvgIpc) is 2.10. The Morgan fingerprint density at radius 1 is 1.33 bits per heavy atom. The van der Waals surface area contributed by atoms with Crippen molar-refractivity contribution in [3.63, 3.8) is 0 Å². The van der Waals surface area contributed by atoms with Crippen LogP contribution >= 0.6 is 0 Å². The largest absolute Gasteiger partial charge is 0.465 e. The Kier molecular flexibility index (Phi) is 6.82. The summed E-state index contributed by atoms with van der Waals surface area (Å²) in [5.41, 5.74) is 0. The molecule has 0 aliphatic rings. The molecule has 0 heterocycles. The van der Waals surface area contributed by atoms with Crippen molar-refractivity contribution in [3.8, 4) is 0 Å². The number of ether oxygens (including phenoxy) is 1. The second-order valence-electron chi connectivity index (χ2n) is 3.18. The summed E-state index contributed by atoms with van der Waals surface area (Å²) in [6, 6.07) is 0. The van der Waals surface area contributed by atoms with Gasteiger partial charge >= 0.3 is 5.97 Å². The molecule has 0 aliphatic carbocycles. The Balaban J connectivity index is 3.31. The number of hydrogen-bond donors (Lipinski definition) is 0. The van der Waals surface area contributed by atoms with Gasteiger partial charge in [0.05, 0.1) is 12.5 Å².